The molecule has 0 amide bonds. The summed E-state index contributed by atoms with van der Waals surface area (Å²) in [6.07, 6.45) is 0. The van der Waals surface area contributed by atoms with Gasteiger partial charge in [0.2, 0.25) is 5.78 Å². The number of benzene rings is 4. The van der Waals surface area contributed by atoms with Crippen LogP contribution < -0.4 is 5.32 Å². The second-order valence-electron chi connectivity index (χ2n) is 10.7. The lowest BCUT2D eigenvalue weighted by molar-refractivity contribution is 0.0958. The summed E-state index contributed by atoms with van der Waals surface area (Å²) >= 11 is 0. The quantitative estimate of drug-likeness (QED) is 0.278. The second kappa shape index (κ2) is 10.6. The molecule has 0 unspecified atom stereocenters. The molecule has 40 heavy (non-hydrogen) atoms. The number of ketones is 2. The Kier molecular flexibility index (Phi) is 7.17. The van der Waals surface area contributed by atoms with Gasteiger partial charge >= 0.3 is 0 Å². The van der Waals surface area contributed by atoms with Gasteiger partial charge in [-0.25, -0.2) is 8.42 Å². The van der Waals surface area contributed by atoms with Gasteiger partial charge in [0.15, 0.2) is 5.78 Å². The van der Waals surface area contributed by atoms with E-state index >= 15 is 0 Å². The van der Waals surface area contributed by atoms with Crippen molar-refractivity contribution in [3.05, 3.63) is 132 Å². The molecule has 4 aromatic rings. The van der Waals surface area contributed by atoms with Crippen LogP contribution in [0.2, 0.25) is 0 Å². The van der Waals surface area contributed by atoms with Gasteiger partial charge in [-0.15, -0.1) is 0 Å². The monoisotopic (exact) mass is 550 g/mol. The van der Waals surface area contributed by atoms with E-state index in [1.807, 2.05) is 63.2 Å². The molecule has 5 rings (SSSR count). The van der Waals surface area contributed by atoms with E-state index in [9.17, 15) is 18.0 Å². The van der Waals surface area contributed by atoms with Crippen molar-refractivity contribution in [3.8, 4) is 11.1 Å². The molecule has 0 saturated heterocycles. The van der Waals surface area contributed by atoms with Crippen molar-refractivity contribution in [2.24, 2.45) is 0 Å². The molecule has 0 bridgehead atoms. The second-order valence-corrected chi connectivity index (χ2v) is 12.5. The third-order valence-electron chi connectivity index (χ3n) is 6.56. The third-order valence-corrected chi connectivity index (χ3v) is 8.37. The van der Waals surface area contributed by atoms with Crippen LogP contribution in [0.1, 0.15) is 47.1 Å². The summed E-state index contributed by atoms with van der Waals surface area (Å²) in [6, 6.07) is 31.9. The standard InChI is InChI=1S/C33H30N2O4S/c1-33(2,3)34-30-27-16-10-11-17-29(27)40(38,39)35(31(30)32(37)26-14-8-5-9-15-26)22-28(36)25-20-18-24(19-21-25)23-12-6-4-7-13-23/h4-21,34H,22H2,1-3H3. The van der Waals surface area contributed by atoms with Crippen LogP contribution in [0, 0.1) is 0 Å². The Balaban J connectivity index is 1.62. The van der Waals surface area contributed by atoms with Crippen LogP contribution >= 0.6 is 0 Å². The Bertz CT molecular complexity index is 1700. The summed E-state index contributed by atoms with van der Waals surface area (Å²) in [5.74, 6) is -0.909. The normalized spacial score (nSPS) is 14.4. The Labute approximate surface area is 235 Å². The molecule has 1 aliphatic heterocycles. The summed E-state index contributed by atoms with van der Waals surface area (Å²) in [5.41, 5.74) is 2.81. The van der Waals surface area contributed by atoms with E-state index in [2.05, 4.69) is 5.32 Å². The molecule has 0 radical (unpaired) electrons. The molecule has 7 heteroatoms. The Morgan fingerprint density at radius 3 is 1.88 bits per heavy atom. The highest BCUT2D eigenvalue weighted by molar-refractivity contribution is 7.89. The Morgan fingerprint density at radius 1 is 0.700 bits per heavy atom. The van der Waals surface area contributed by atoms with Crippen molar-refractivity contribution in [1.82, 2.24) is 9.62 Å². The predicted octanol–water partition coefficient (Wildman–Crippen LogP) is 6.18. The van der Waals surface area contributed by atoms with Gasteiger partial charge in [-0.1, -0.05) is 103 Å². The van der Waals surface area contributed by atoms with E-state index in [1.165, 1.54) is 6.07 Å². The first-order valence-electron chi connectivity index (χ1n) is 13.0. The zero-order valence-electron chi connectivity index (χ0n) is 22.6. The molecule has 1 aliphatic rings. The van der Waals surface area contributed by atoms with Crippen molar-refractivity contribution in [1.29, 1.82) is 0 Å². The van der Waals surface area contributed by atoms with Crippen molar-refractivity contribution >= 4 is 27.3 Å². The number of carbonyl (C=O) groups is 2. The molecule has 0 atom stereocenters. The fraction of sp³-hybridized carbons (Fsp3) is 0.152. The van der Waals surface area contributed by atoms with Gasteiger partial charge in [0, 0.05) is 22.2 Å². The summed E-state index contributed by atoms with van der Waals surface area (Å²) in [6.45, 7) is 5.27. The SMILES string of the molecule is CC(C)(C)NC1=C(C(=O)c2ccccc2)N(CC(=O)c2ccc(-c3ccccc3)cc2)S(=O)(=O)c2ccccc21. The topological polar surface area (TPSA) is 83.6 Å². The summed E-state index contributed by atoms with van der Waals surface area (Å²) < 4.78 is 29.0. The van der Waals surface area contributed by atoms with Crippen molar-refractivity contribution in [2.45, 2.75) is 31.2 Å². The number of fused-ring (bicyclic) bond motifs is 1. The van der Waals surface area contributed by atoms with Gasteiger partial charge in [-0.3, -0.25) is 13.9 Å². The highest BCUT2D eigenvalue weighted by Gasteiger charge is 2.41. The molecule has 6 nitrogen and oxygen atoms in total. The lowest BCUT2D eigenvalue weighted by Crippen LogP contribution is -2.45. The lowest BCUT2D eigenvalue weighted by Gasteiger charge is -2.36. The van der Waals surface area contributed by atoms with Gasteiger partial charge in [0.05, 0.1) is 17.1 Å². The number of hydrogen-bond donors (Lipinski definition) is 1. The van der Waals surface area contributed by atoms with E-state index in [0.29, 0.717) is 22.4 Å². The first kappa shape index (κ1) is 27.1. The number of nitrogens with one attached hydrogen (secondary N) is 1. The minimum Gasteiger partial charge on any atom is -0.378 e. The average Bonchev–Trinajstić information content (AvgIpc) is 2.96. The molecule has 0 aliphatic carbocycles. The van der Waals surface area contributed by atoms with E-state index < -0.39 is 33.7 Å². The van der Waals surface area contributed by atoms with Crippen LogP contribution in [0.3, 0.4) is 0 Å². The van der Waals surface area contributed by atoms with Gasteiger partial charge < -0.3 is 5.32 Å². The lowest BCUT2D eigenvalue weighted by atomic mass is 9.99. The van der Waals surface area contributed by atoms with E-state index in [0.717, 1.165) is 15.4 Å². The highest BCUT2D eigenvalue weighted by Crippen LogP contribution is 2.38. The number of allylic oxidation sites excluding steroid dienone is 1. The molecule has 1 N–H and O–H groups in total. The van der Waals surface area contributed by atoms with Crippen LogP contribution in [-0.4, -0.2) is 36.4 Å². The summed E-state index contributed by atoms with van der Waals surface area (Å²) in [7, 11) is -4.23. The fourth-order valence-corrected chi connectivity index (χ4v) is 6.35. The first-order valence-corrected chi connectivity index (χ1v) is 14.4. The van der Waals surface area contributed by atoms with Crippen LogP contribution in [0.25, 0.3) is 16.8 Å². The number of nitrogens with zero attached hydrogens (tertiary/aromatic N) is 1. The predicted molar refractivity (Wildman–Crippen MR) is 157 cm³/mol. The maximum Gasteiger partial charge on any atom is 0.265 e. The van der Waals surface area contributed by atoms with Crippen LogP contribution in [-0.2, 0) is 10.0 Å². The number of sulfonamides is 1. The molecular formula is C33H30N2O4S. The molecule has 0 fully saturated rings. The third kappa shape index (κ3) is 5.33. The molecular weight excluding hydrogens is 520 g/mol. The molecule has 0 spiro atoms. The number of carbonyl (C=O) groups excluding carboxylic acids is 2. The van der Waals surface area contributed by atoms with Crippen molar-refractivity contribution in [3.63, 3.8) is 0 Å². The minimum absolute atomic E-state index is 0.0404. The fourth-order valence-electron chi connectivity index (χ4n) is 4.71. The largest absolute Gasteiger partial charge is 0.378 e. The van der Waals surface area contributed by atoms with Crippen LogP contribution in [0.15, 0.2) is 120 Å². The highest BCUT2D eigenvalue weighted by atomic mass is 32.2. The zero-order valence-corrected chi connectivity index (χ0v) is 23.4. The van der Waals surface area contributed by atoms with E-state index in [1.54, 1.807) is 60.7 Å². The van der Waals surface area contributed by atoms with Gasteiger partial charge in [0.25, 0.3) is 10.0 Å². The molecule has 4 aromatic carbocycles. The van der Waals surface area contributed by atoms with Crippen LogP contribution in [0.5, 0.6) is 0 Å². The Morgan fingerprint density at radius 2 is 1.25 bits per heavy atom. The molecule has 202 valence electrons. The van der Waals surface area contributed by atoms with Crippen LogP contribution in [0.4, 0.5) is 0 Å². The maximum absolute atomic E-state index is 14.0. The van der Waals surface area contributed by atoms with Gasteiger partial charge in [0.1, 0.15) is 5.70 Å². The minimum atomic E-state index is -4.23. The number of hydrogen-bond acceptors (Lipinski definition) is 5. The smallest absolute Gasteiger partial charge is 0.265 e. The summed E-state index contributed by atoms with van der Waals surface area (Å²) in [4.78, 5) is 27.6. The molecule has 0 aromatic heterocycles. The maximum atomic E-state index is 14.0. The summed E-state index contributed by atoms with van der Waals surface area (Å²) in [5, 5.41) is 3.36. The average molecular weight is 551 g/mol. The van der Waals surface area contributed by atoms with Crippen molar-refractivity contribution in [2.75, 3.05) is 6.54 Å². The Hall–Kier alpha value is -4.49. The number of Topliss-reactive ketones (excluding diaryl/α,β-unsaturated/α-hetero) is 2. The van der Waals surface area contributed by atoms with E-state index in [4.69, 9.17) is 0 Å². The van der Waals surface area contributed by atoms with Gasteiger partial charge in [-0.05, 0) is 38.0 Å². The van der Waals surface area contributed by atoms with E-state index in [-0.39, 0.29) is 10.6 Å². The molecule has 0 saturated carbocycles. The number of rotatable bonds is 7. The first-order chi connectivity index (χ1) is 19.1. The van der Waals surface area contributed by atoms with Crippen molar-refractivity contribution < 1.29 is 18.0 Å². The van der Waals surface area contributed by atoms with Gasteiger partial charge in [-0.2, -0.15) is 0 Å². The zero-order chi connectivity index (χ0) is 28.5. The molecule has 1 heterocycles.